The van der Waals surface area contributed by atoms with E-state index in [9.17, 15) is 9.59 Å². The monoisotopic (exact) mass is 299 g/mol. The summed E-state index contributed by atoms with van der Waals surface area (Å²) in [5.41, 5.74) is 2.37. The van der Waals surface area contributed by atoms with Gasteiger partial charge in [0.1, 0.15) is 0 Å². The molecule has 0 radical (unpaired) electrons. The van der Waals surface area contributed by atoms with Crippen LogP contribution < -0.4 is 0 Å². The first-order valence-corrected chi connectivity index (χ1v) is 7.94. The Kier molecular flexibility index (Phi) is 4.01. The fraction of sp³-hybridized carbons (Fsp3) is 0.444. The molecule has 1 aromatic carbocycles. The predicted octanol–water partition coefficient (Wildman–Crippen LogP) is 3.80. The second kappa shape index (κ2) is 5.95. The Morgan fingerprint density at radius 3 is 2.55 bits per heavy atom. The second-order valence-corrected chi connectivity index (χ2v) is 6.16. The highest BCUT2D eigenvalue weighted by molar-refractivity contribution is 5.98. The van der Waals surface area contributed by atoms with Crippen molar-refractivity contribution in [1.29, 1.82) is 0 Å². The molecule has 1 aromatic heterocycles. The van der Waals surface area contributed by atoms with Crippen LogP contribution in [0, 0.1) is 12.8 Å². The molecule has 1 saturated carbocycles. The molecule has 1 N–H and O–H groups in total. The van der Waals surface area contributed by atoms with Gasteiger partial charge in [-0.15, -0.1) is 0 Å². The molecule has 0 atom stereocenters. The molecule has 0 bridgehead atoms. The molecule has 0 aliphatic heterocycles. The Hall–Kier alpha value is -2.10. The summed E-state index contributed by atoms with van der Waals surface area (Å²) < 4.78 is 1.75. The summed E-state index contributed by atoms with van der Waals surface area (Å²) in [6.07, 6.45) is 5.27. The van der Waals surface area contributed by atoms with E-state index in [0.717, 1.165) is 47.8 Å². The minimum absolute atomic E-state index is 0.0444. The number of rotatable bonds is 3. The van der Waals surface area contributed by atoms with Gasteiger partial charge in [0.05, 0.1) is 11.9 Å². The van der Waals surface area contributed by atoms with E-state index in [1.807, 2.05) is 31.2 Å². The van der Waals surface area contributed by atoms with Crippen LogP contribution >= 0.6 is 0 Å². The largest absolute Gasteiger partial charge is 0.481 e. The van der Waals surface area contributed by atoms with Crippen LogP contribution in [0.25, 0.3) is 10.9 Å². The third-order valence-electron chi connectivity index (χ3n) is 4.75. The van der Waals surface area contributed by atoms with E-state index < -0.39 is 5.97 Å². The van der Waals surface area contributed by atoms with Crippen LogP contribution in [0.4, 0.5) is 0 Å². The molecule has 0 unspecified atom stereocenters. The van der Waals surface area contributed by atoms with Crippen LogP contribution in [0.3, 0.4) is 0 Å². The van der Waals surface area contributed by atoms with E-state index in [1.54, 1.807) is 4.57 Å². The molecule has 1 aliphatic carbocycles. The maximum atomic E-state index is 12.9. The first kappa shape index (κ1) is 14.8. The first-order chi connectivity index (χ1) is 10.6. The molecule has 2 aromatic rings. The number of hydrogen-bond donors (Lipinski definition) is 1. The van der Waals surface area contributed by atoms with E-state index >= 15 is 0 Å². The summed E-state index contributed by atoms with van der Waals surface area (Å²) in [4.78, 5) is 24.1. The van der Waals surface area contributed by atoms with Gasteiger partial charge in [-0.25, -0.2) is 0 Å². The standard InChI is InChI=1S/C18H21NO3/c1-12-15(11-17(20)21)14-9-5-6-10-16(14)19(12)18(22)13-7-3-2-4-8-13/h5-6,9-10,13H,2-4,7-8,11H2,1H3,(H,20,21). The minimum atomic E-state index is -0.865. The smallest absolute Gasteiger partial charge is 0.307 e. The highest BCUT2D eigenvalue weighted by Crippen LogP contribution is 2.31. The lowest BCUT2D eigenvalue weighted by Gasteiger charge is -2.21. The Morgan fingerprint density at radius 2 is 1.86 bits per heavy atom. The van der Waals surface area contributed by atoms with Gasteiger partial charge in [0, 0.05) is 17.0 Å². The summed E-state index contributed by atoms with van der Waals surface area (Å²) in [6.45, 7) is 1.86. The van der Waals surface area contributed by atoms with Crippen molar-refractivity contribution >= 4 is 22.8 Å². The number of carboxylic acid groups (broad SMARTS) is 1. The predicted molar refractivity (Wildman–Crippen MR) is 85.2 cm³/mol. The van der Waals surface area contributed by atoms with E-state index in [2.05, 4.69) is 0 Å². The Bertz CT molecular complexity index is 723. The summed E-state index contributed by atoms with van der Waals surface area (Å²) in [5, 5.41) is 10.0. The average molecular weight is 299 g/mol. The van der Waals surface area contributed by atoms with E-state index in [4.69, 9.17) is 5.11 Å². The lowest BCUT2D eigenvalue weighted by Crippen LogP contribution is -2.24. The van der Waals surface area contributed by atoms with Crippen molar-refractivity contribution in [3.63, 3.8) is 0 Å². The second-order valence-electron chi connectivity index (χ2n) is 6.16. The van der Waals surface area contributed by atoms with Gasteiger partial charge in [0.25, 0.3) is 0 Å². The summed E-state index contributed by atoms with van der Waals surface area (Å²) in [7, 11) is 0. The zero-order valence-electron chi connectivity index (χ0n) is 12.8. The van der Waals surface area contributed by atoms with Crippen molar-refractivity contribution < 1.29 is 14.7 Å². The van der Waals surface area contributed by atoms with Gasteiger partial charge in [0.15, 0.2) is 0 Å². The van der Waals surface area contributed by atoms with E-state index in [-0.39, 0.29) is 18.2 Å². The third kappa shape index (κ3) is 2.54. The minimum Gasteiger partial charge on any atom is -0.481 e. The highest BCUT2D eigenvalue weighted by Gasteiger charge is 2.26. The number of para-hydroxylation sites is 1. The van der Waals surface area contributed by atoms with Crippen LogP contribution in [-0.2, 0) is 11.2 Å². The van der Waals surface area contributed by atoms with Crippen LogP contribution in [0.1, 0.15) is 48.2 Å². The fourth-order valence-corrected chi connectivity index (χ4v) is 3.62. The molecule has 4 nitrogen and oxygen atoms in total. The number of fused-ring (bicyclic) bond motifs is 1. The quantitative estimate of drug-likeness (QED) is 0.937. The molecular weight excluding hydrogens is 278 g/mol. The number of carbonyl (C=O) groups excluding carboxylic acids is 1. The molecule has 4 heteroatoms. The summed E-state index contributed by atoms with van der Waals surface area (Å²) in [6, 6.07) is 7.61. The lowest BCUT2D eigenvalue weighted by molar-refractivity contribution is -0.136. The number of aliphatic carboxylic acids is 1. The van der Waals surface area contributed by atoms with Gasteiger partial charge in [0.2, 0.25) is 5.91 Å². The third-order valence-corrected chi connectivity index (χ3v) is 4.75. The van der Waals surface area contributed by atoms with Crippen LogP contribution in [0.2, 0.25) is 0 Å². The Morgan fingerprint density at radius 1 is 1.18 bits per heavy atom. The van der Waals surface area contributed by atoms with Gasteiger partial charge in [-0.2, -0.15) is 0 Å². The van der Waals surface area contributed by atoms with Crippen molar-refractivity contribution in [3.05, 3.63) is 35.5 Å². The van der Waals surface area contributed by atoms with Crippen LogP contribution in [0.15, 0.2) is 24.3 Å². The molecule has 1 fully saturated rings. The highest BCUT2D eigenvalue weighted by atomic mass is 16.4. The summed E-state index contributed by atoms with van der Waals surface area (Å²) >= 11 is 0. The van der Waals surface area contributed by atoms with Gasteiger partial charge >= 0.3 is 5.97 Å². The van der Waals surface area contributed by atoms with Crippen LogP contribution in [-0.4, -0.2) is 21.6 Å². The number of carboxylic acids is 1. The van der Waals surface area contributed by atoms with Gasteiger partial charge in [-0.05, 0) is 31.4 Å². The van der Waals surface area contributed by atoms with E-state index in [0.29, 0.717) is 0 Å². The molecule has 1 heterocycles. The molecule has 0 spiro atoms. The van der Waals surface area contributed by atoms with Crippen molar-refractivity contribution in [2.24, 2.45) is 5.92 Å². The zero-order valence-corrected chi connectivity index (χ0v) is 12.8. The molecule has 0 amide bonds. The van der Waals surface area contributed by atoms with E-state index in [1.165, 1.54) is 6.42 Å². The van der Waals surface area contributed by atoms with Crippen molar-refractivity contribution in [2.75, 3.05) is 0 Å². The van der Waals surface area contributed by atoms with Crippen molar-refractivity contribution in [1.82, 2.24) is 4.57 Å². The lowest BCUT2D eigenvalue weighted by atomic mass is 9.88. The molecule has 3 rings (SSSR count). The number of carbonyl (C=O) groups is 2. The number of hydrogen-bond acceptors (Lipinski definition) is 2. The van der Waals surface area contributed by atoms with Gasteiger partial charge in [-0.3, -0.25) is 14.2 Å². The average Bonchev–Trinajstić information content (AvgIpc) is 2.80. The fourth-order valence-electron chi connectivity index (χ4n) is 3.62. The number of aromatic nitrogens is 1. The Balaban J connectivity index is 2.10. The first-order valence-electron chi connectivity index (χ1n) is 7.94. The number of benzene rings is 1. The molecule has 116 valence electrons. The maximum Gasteiger partial charge on any atom is 0.307 e. The molecular formula is C18H21NO3. The van der Waals surface area contributed by atoms with Gasteiger partial charge < -0.3 is 5.11 Å². The van der Waals surface area contributed by atoms with Crippen LogP contribution in [0.5, 0.6) is 0 Å². The Labute approximate surface area is 129 Å². The van der Waals surface area contributed by atoms with Crippen molar-refractivity contribution in [3.8, 4) is 0 Å². The number of nitrogens with zero attached hydrogens (tertiary/aromatic N) is 1. The molecule has 1 aliphatic rings. The summed E-state index contributed by atoms with van der Waals surface area (Å²) in [5.74, 6) is -0.665. The SMILES string of the molecule is Cc1c(CC(=O)O)c2ccccc2n1C(=O)C1CCCCC1. The normalized spacial score (nSPS) is 16.0. The molecule has 0 saturated heterocycles. The maximum absolute atomic E-state index is 12.9. The zero-order chi connectivity index (χ0) is 15.7. The van der Waals surface area contributed by atoms with Gasteiger partial charge in [-0.1, -0.05) is 37.5 Å². The molecule has 22 heavy (non-hydrogen) atoms. The van der Waals surface area contributed by atoms with Crippen molar-refractivity contribution in [2.45, 2.75) is 45.4 Å². The topological polar surface area (TPSA) is 59.3 Å².